The lowest BCUT2D eigenvalue weighted by Crippen LogP contribution is -2.43. The molecule has 7 nitrogen and oxygen atoms in total. The van der Waals surface area contributed by atoms with Crippen LogP contribution in [0.15, 0.2) is 24.3 Å². The number of hydrogen-bond acceptors (Lipinski definition) is 4. The first-order valence-corrected chi connectivity index (χ1v) is 13.3. The minimum absolute atomic E-state index is 0.0110. The second kappa shape index (κ2) is 8.04. The molecule has 0 aromatic heterocycles. The molecule has 2 heterocycles. The number of nitrogens with one attached hydrogen (secondary N) is 1. The Morgan fingerprint density at radius 3 is 2.47 bits per heavy atom. The number of hydrogen-bond donors (Lipinski definition) is 1. The topological polar surface area (TPSA) is 86.8 Å². The first-order valence-electron chi connectivity index (χ1n) is 11.5. The number of amides is 3. The van der Waals surface area contributed by atoms with Gasteiger partial charge in [0.25, 0.3) is 5.91 Å². The van der Waals surface area contributed by atoms with Crippen LogP contribution in [0.25, 0.3) is 0 Å². The van der Waals surface area contributed by atoms with E-state index in [9.17, 15) is 18.0 Å². The summed E-state index contributed by atoms with van der Waals surface area (Å²) in [7, 11) is -1.35. The summed E-state index contributed by atoms with van der Waals surface area (Å²) in [5.41, 5.74) is 2.08. The van der Waals surface area contributed by atoms with Gasteiger partial charge in [-0.2, -0.15) is 0 Å². The highest BCUT2D eigenvalue weighted by atomic mass is 32.2. The highest BCUT2D eigenvalue weighted by Crippen LogP contribution is 2.52. The van der Waals surface area contributed by atoms with Crippen molar-refractivity contribution >= 4 is 21.8 Å². The molecule has 1 aromatic rings. The summed E-state index contributed by atoms with van der Waals surface area (Å²) in [6.07, 6.45) is 3.75. The van der Waals surface area contributed by atoms with Crippen molar-refractivity contribution < 1.29 is 18.0 Å². The number of nitrogens with zero attached hydrogens (tertiary/aromatic N) is 2. The SMILES string of the molecule is CN(Cc1ccc(C(=O)N2CC3(C)CC2CC(C)(C)C3)cc1)C(=O)NC1CCS(=O)(=O)C1. The molecule has 3 amide bonds. The third-order valence-corrected chi connectivity index (χ3v) is 8.97. The smallest absolute Gasteiger partial charge is 0.317 e. The van der Waals surface area contributed by atoms with Crippen molar-refractivity contribution in [2.75, 3.05) is 25.1 Å². The van der Waals surface area contributed by atoms with Gasteiger partial charge in [-0.25, -0.2) is 13.2 Å². The molecule has 3 aliphatic rings. The Morgan fingerprint density at radius 2 is 1.84 bits per heavy atom. The molecule has 1 saturated carbocycles. The largest absolute Gasteiger partial charge is 0.335 e. The molecule has 32 heavy (non-hydrogen) atoms. The number of urea groups is 1. The van der Waals surface area contributed by atoms with Gasteiger partial charge in [0.15, 0.2) is 9.84 Å². The van der Waals surface area contributed by atoms with Gasteiger partial charge in [-0.05, 0) is 54.2 Å². The molecule has 8 heteroatoms. The Morgan fingerprint density at radius 1 is 1.16 bits per heavy atom. The molecular weight excluding hydrogens is 426 g/mol. The van der Waals surface area contributed by atoms with Crippen LogP contribution < -0.4 is 5.32 Å². The molecule has 3 unspecified atom stereocenters. The third-order valence-electron chi connectivity index (χ3n) is 7.20. The van der Waals surface area contributed by atoms with E-state index in [1.165, 1.54) is 4.90 Å². The van der Waals surface area contributed by atoms with E-state index in [1.807, 2.05) is 24.3 Å². The highest BCUT2D eigenvalue weighted by Gasteiger charge is 2.51. The maximum absolute atomic E-state index is 13.2. The van der Waals surface area contributed by atoms with Crippen molar-refractivity contribution in [3.63, 3.8) is 0 Å². The van der Waals surface area contributed by atoms with E-state index < -0.39 is 9.84 Å². The van der Waals surface area contributed by atoms with E-state index >= 15 is 0 Å². The van der Waals surface area contributed by atoms with Gasteiger partial charge in [-0.1, -0.05) is 32.9 Å². The zero-order chi connectivity index (χ0) is 23.3. The van der Waals surface area contributed by atoms with E-state index in [0.29, 0.717) is 24.6 Å². The van der Waals surface area contributed by atoms with Gasteiger partial charge in [-0.3, -0.25) is 4.79 Å². The van der Waals surface area contributed by atoms with Crippen LogP contribution >= 0.6 is 0 Å². The average molecular weight is 462 g/mol. The van der Waals surface area contributed by atoms with E-state index in [2.05, 4.69) is 31.0 Å². The normalized spacial score (nSPS) is 30.2. The van der Waals surface area contributed by atoms with Crippen LogP contribution in [0.3, 0.4) is 0 Å². The number of benzene rings is 1. The van der Waals surface area contributed by atoms with Crippen molar-refractivity contribution in [1.29, 1.82) is 0 Å². The molecule has 2 bridgehead atoms. The summed E-state index contributed by atoms with van der Waals surface area (Å²) < 4.78 is 23.2. The number of sulfone groups is 1. The van der Waals surface area contributed by atoms with Crippen molar-refractivity contribution in [3.05, 3.63) is 35.4 Å². The van der Waals surface area contributed by atoms with Gasteiger partial charge in [-0.15, -0.1) is 0 Å². The van der Waals surface area contributed by atoms with Gasteiger partial charge in [0.2, 0.25) is 0 Å². The van der Waals surface area contributed by atoms with E-state index in [1.54, 1.807) is 7.05 Å². The van der Waals surface area contributed by atoms with Crippen LogP contribution in [0.1, 0.15) is 62.4 Å². The van der Waals surface area contributed by atoms with Crippen LogP contribution in [-0.4, -0.2) is 67.3 Å². The van der Waals surface area contributed by atoms with Crippen molar-refractivity contribution in [2.45, 2.75) is 65.1 Å². The number of likely N-dealkylation sites (tertiary alicyclic amines) is 1. The predicted molar refractivity (Wildman–Crippen MR) is 124 cm³/mol. The first kappa shape index (κ1) is 23.1. The summed E-state index contributed by atoms with van der Waals surface area (Å²) in [4.78, 5) is 29.2. The Labute approximate surface area is 191 Å². The number of fused-ring (bicyclic) bond motifs is 2. The Hall–Kier alpha value is -2.09. The molecule has 176 valence electrons. The van der Waals surface area contributed by atoms with Crippen LogP contribution in [0.2, 0.25) is 0 Å². The van der Waals surface area contributed by atoms with E-state index in [-0.39, 0.29) is 40.3 Å². The third kappa shape index (κ3) is 4.95. The second-order valence-corrected chi connectivity index (χ2v) is 13.5. The maximum Gasteiger partial charge on any atom is 0.317 e. The second-order valence-electron chi connectivity index (χ2n) is 11.2. The quantitative estimate of drug-likeness (QED) is 0.747. The van der Waals surface area contributed by atoms with Crippen LogP contribution in [-0.2, 0) is 16.4 Å². The van der Waals surface area contributed by atoms with E-state index in [4.69, 9.17) is 0 Å². The fourth-order valence-electron chi connectivity index (χ4n) is 6.16. The Bertz CT molecular complexity index is 1000. The molecule has 0 spiro atoms. The molecule has 2 saturated heterocycles. The zero-order valence-corrected chi connectivity index (χ0v) is 20.4. The minimum atomic E-state index is -3.03. The van der Waals surface area contributed by atoms with Gasteiger partial charge in [0.1, 0.15) is 0 Å². The molecule has 3 atom stereocenters. The van der Waals surface area contributed by atoms with Gasteiger partial charge < -0.3 is 15.1 Å². The summed E-state index contributed by atoms with van der Waals surface area (Å²) in [5.74, 6) is 0.236. The number of carbonyl (C=O) groups excluding carboxylic acids is 2. The highest BCUT2D eigenvalue weighted by molar-refractivity contribution is 7.91. The van der Waals surface area contributed by atoms with Gasteiger partial charge in [0.05, 0.1) is 11.5 Å². The van der Waals surface area contributed by atoms with Crippen LogP contribution in [0, 0.1) is 10.8 Å². The molecule has 1 aromatic carbocycles. The lowest BCUT2D eigenvalue weighted by molar-refractivity contribution is 0.0708. The van der Waals surface area contributed by atoms with E-state index in [0.717, 1.165) is 31.4 Å². The molecular formula is C24H35N3O4S. The molecule has 1 aliphatic carbocycles. The number of carbonyl (C=O) groups is 2. The summed E-state index contributed by atoms with van der Waals surface area (Å²) in [6.45, 7) is 8.12. The van der Waals surface area contributed by atoms with Crippen molar-refractivity contribution in [3.8, 4) is 0 Å². The zero-order valence-electron chi connectivity index (χ0n) is 19.6. The summed E-state index contributed by atoms with van der Waals surface area (Å²) in [5, 5.41) is 2.80. The fourth-order valence-corrected chi connectivity index (χ4v) is 7.83. The van der Waals surface area contributed by atoms with Crippen LogP contribution in [0.4, 0.5) is 4.79 Å². The number of rotatable bonds is 4. The molecule has 3 fully saturated rings. The van der Waals surface area contributed by atoms with Crippen molar-refractivity contribution in [2.24, 2.45) is 10.8 Å². The minimum Gasteiger partial charge on any atom is -0.335 e. The average Bonchev–Trinajstić information content (AvgIpc) is 3.15. The van der Waals surface area contributed by atoms with Crippen molar-refractivity contribution in [1.82, 2.24) is 15.1 Å². The maximum atomic E-state index is 13.2. The van der Waals surface area contributed by atoms with Gasteiger partial charge >= 0.3 is 6.03 Å². The first-order chi connectivity index (χ1) is 14.8. The lowest BCUT2D eigenvalue weighted by atomic mass is 9.65. The molecule has 1 N–H and O–H groups in total. The molecule has 2 aliphatic heterocycles. The van der Waals surface area contributed by atoms with Crippen LogP contribution in [0.5, 0.6) is 0 Å². The Balaban J connectivity index is 1.35. The predicted octanol–water partition coefficient (Wildman–Crippen LogP) is 3.06. The molecule has 4 rings (SSSR count). The van der Waals surface area contributed by atoms with Gasteiger partial charge in [0, 0.05) is 37.8 Å². The monoisotopic (exact) mass is 461 g/mol. The fraction of sp³-hybridized carbons (Fsp3) is 0.667. The Kier molecular flexibility index (Phi) is 5.80. The molecule has 0 radical (unpaired) electrons. The summed E-state index contributed by atoms with van der Waals surface area (Å²) in [6, 6.07) is 7.19. The summed E-state index contributed by atoms with van der Waals surface area (Å²) >= 11 is 0. The standard InChI is InChI=1S/C24H35N3O4S/c1-23(2)11-20-12-24(3,15-23)16-27(20)21(28)18-7-5-17(6-8-18)13-26(4)22(29)25-19-9-10-32(30,31)14-19/h5-8,19-20H,9-16H2,1-4H3,(H,25,29). The lowest BCUT2D eigenvalue weighted by Gasteiger charge is -2.39.